The van der Waals surface area contributed by atoms with E-state index in [2.05, 4.69) is 0 Å². The van der Waals surface area contributed by atoms with E-state index in [0.717, 1.165) is 19.3 Å². The Balaban J connectivity index is 4.34. The Morgan fingerprint density at radius 3 is 2.29 bits per heavy atom. The molecule has 8 heteroatoms. The molecule has 7 nitrogen and oxygen atoms in total. The lowest BCUT2D eigenvalue weighted by molar-refractivity contribution is -0.870. The highest BCUT2D eigenvalue weighted by atomic mass is 31.2. The fourth-order valence-corrected chi connectivity index (χ4v) is 2.66. The first-order valence-corrected chi connectivity index (χ1v) is 9.85. The van der Waals surface area contributed by atoms with Crippen molar-refractivity contribution in [2.75, 3.05) is 40.9 Å². The maximum atomic E-state index is 11.9. The highest BCUT2D eigenvalue weighted by Gasteiger charge is 2.22. The Kier molecular flexibility index (Phi) is 10.8. The summed E-state index contributed by atoms with van der Waals surface area (Å²) in [4.78, 5) is 35.2. The summed E-state index contributed by atoms with van der Waals surface area (Å²) >= 11 is 0. The van der Waals surface area contributed by atoms with Gasteiger partial charge in [-0.25, -0.2) is 0 Å². The lowest BCUT2D eigenvalue weighted by atomic mass is 9.97. The van der Waals surface area contributed by atoms with Crippen LogP contribution in [-0.2, 0) is 23.2 Å². The van der Waals surface area contributed by atoms with Gasteiger partial charge in [0.2, 0.25) is 0 Å². The molecule has 2 atom stereocenters. The van der Waals surface area contributed by atoms with Gasteiger partial charge in [-0.15, -0.1) is 0 Å². The summed E-state index contributed by atoms with van der Waals surface area (Å²) in [5, 5.41) is 0. The van der Waals surface area contributed by atoms with Crippen LogP contribution in [-0.4, -0.2) is 57.0 Å². The SMILES string of the molecule is CCCCCC(=O)CC(COP(=O)([O-])OCC[N+](C)(C)C)C(C)=O. The highest BCUT2D eigenvalue weighted by molar-refractivity contribution is 7.45. The van der Waals surface area contributed by atoms with Crippen LogP contribution in [0.2, 0.25) is 0 Å². The zero-order chi connectivity index (χ0) is 18.8. The van der Waals surface area contributed by atoms with Gasteiger partial charge in [0.15, 0.2) is 0 Å². The zero-order valence-electron chi connectivity index (χ0n) is 15.6. The van der Waals surface area contributed by atoms with Crippen molar-refractivity contribution < 1.29 is 32.6 Å². The van der Waals surface area contributed by atoms with Crippen LogP contribution in [0.15, 0.2) is 0 Å². The number of likely N-dealkylation sites (N-methyl/N-ethyl adjacent to an activating group) is 1. The number of carbonyl (C=O) groups is 2. The average molecular weight is 365 g/mol. The molecule has 0 aliphatic heterocycles. The second-order valence-electron chi connectivity index (χ2n) is 7.10. The monoisotopic (exact) mass is 365 g/mol. The predicted molar refractivity (Wildman–Crippen MR) is 90.3 cm³/mol. The summed E-state index contributed by atoms with van der Waals surface area (Å²) in [6, 6.07) is 0. The molecule has 0 fully saturated rings. The van der Waals surface area contributed by atoms with E-state index in [0.29, 0.717) is 17.4 Å². The molecule has 0 aromatic rings. The van der Waals surface area contributed by atoms with E-state index in [1.807, 2.05) is 28.1 Å². The number of ketones is 2. The van der Waals surface area contributed by atoms with Gasteiger partial charge >= 0.3 is 0 Å². The van der Waals surface area contributed by atoms with Crippen molar-refractivity contribution in [1.82, 2.24) is 0 Å². The molecule has 0 aliphatic carbocycles. The number of hydrogen-bond acceptors (Lipinski definition) is 6. The highest BCUT2D eigenvalue weighted by Crippen LogP contribution is 2.39. The van der Waals surface area contributed by atoms with Crippen LogP contribution in [0, 0.1) is 5.92 Å². The molecule has 0 amide bonds. The van der Waals surface area contributed by atoms with Crippen LogP contribution < -0.4 is 4.89 Å². The second-order valence-corrected chi connectivity index (χ2v) is 8.51. The van der Waals surface area contributed by atoms with Crippen molar-refractivity contribution in [3.63, 3.8) is 0 Å². The van der Waals surface area contributed by atoms with Crippen LogP contribution >= 0.6 is 7.82 Å². The van der Waals surface area contributed by atoms with E-state index < -0.39 is 13.7 Å². The number of carbonyl (C=O) groups excluding carboxylic acids is 2. The van der Waals surface area contributed by atoms with Gasteiger partial charge in [-0.1, -0.05) is 19.8 Å². The van der Waals surface area contributed by atoms with Crippen molar-refractivity contribution in [1.29, 1.82) is 0 Å². The van der Waals surface area contributed by atoms with Crippen molar-refractivity contribution in [3.8, 4) is 0 Å². The molecule has 142 valence electrons. The molecule has 0 rings (SSSR count). The Morgan fingerprint density at radius 1 is 1.17 bits per heavy atom. The number of Topliss-reactive ketones (excluding diaryl/α,β-unsaturated/α-hetero) is 2. The van der Waals surface area contributed by atoms with Crippen LogP contribution in [0.4, 0.5) is 0 Å². The lowest BCUT2D eigenvalue weighted by Gasteiger charge is -2.28. The topological polar surface area (TPSA) is 92.7 Å². The largest absolute Gasteiger partial charge is 0.756 e. The Labute approximate surface area is 145 Å². The summed E-state index contributed by atoms with van der Waals surface area (Å²) < 4.78 is 21.9. The molecule has 0 aromatic heterocycles. The molecule has 0 N–H and O–H groups in total. The third-order valence-corrected chi connectivity index (χ3v) is 4.52. The summed E-state index contributed by atoms with van der Waals surface area (Å²) in [5.41, 5.74) is 0. The predicted octanol–water partition coefficient (Wildman–Crippen LogP) is 1.94. The number of rotatable bonds is 14. The minimum atomic E-state index is -4.47. The van der Waals surface area contributed by atoms with E-state index in [4.69, 9.17) is 9.05 Å². The fraction of sp³-hybridized carbons (Fsp3) is 0.875. The molecule has 0 aromatic carbocycles. The van der Waals surface area contributed by atoms with E-state index in [1.54, 1.807) is 0 Å². The van der Waals surface area contributed by atoms with E-state index in [9.17, 15) is 19.0 Å². The van der Waals surface area contributed by atoms with Gasteiger partial charge in [0.1, 0.15) is 24.7 Å². The number of nitrogens with zero attached hydrogens (tertiary/aromatic N) is 1. The number of phosphoric acid groups is 1. The van der Waals surface area contributed by atoms with Gasteiger partial charge in [0.25, 0.3) is 7.82 Å². The van der Waals surface area contributed by atoms with Gasteiger partial charge in [-0.05, 0) is 13.3 Å². The molecule has 0 bridgehead atoms. The van der Waals surface area contributed by atoms with Gasteiger partial charge < -0.3 is 18.4 Å². The Morgan fingerprint density at radius 2 is 1.79 bits per heavy atom. The first-order chi connectivity index (χ1) is 11.0. The fourth-order valence-electron chi connectivity index (χ4n) is 1.91. The molecule has 0 saturated heterocycles. The molecule has 0 aliphatic rings. The quantitative estimate of drug-likeness (QED) is 0.265. The molecule has 24 heavy (non-hydrogen) atoms. The number of hydrogen-bond donors (Lipinski definition) is 0. The first-order valence-electron chi connectivity index (χ1n) is 8.39. The second kappa shape index (κ2) is 11.1. The van der Waals surface area contributed by atoms with Gasteiger partial charge in [-0.2, -0.15) is 0 Å². The minimum absolute atomic E-state index is 0.00492. The molecule has 0 saturated carbocycles. The summed E-state index contributed by atoms with van der Waals surface area (Å²) in [7, 11) is 1.27. The standard InChI is InChI=1S/C16H32NO6P/c1-6-7-8-9-16(19)12-15(14(2)18)13-23-24(20,21)22-11-10-17(3,4)5/h15H,6-13H2,1-5H3. The smallest absolute Gasteiger partial charge is 0.268 e. The van der Waals surface area contributed by atoms with Crippen molar-refractivity contribution in [2.45, 2.75) is 46.0 Å². The minimum Gasteiger partial charge on any atom is -0.756 e. The van der Waals surface area contributed by atoms with Crippen LogP contribution in [0.1, 0.15) is 46.0 Å². The van der Waals surface area contributed by atoms with Crippen molar-refractivity contribution in [2.24, 2.45) is 5.92 Å². The molecular weight excluding hydrogens is 333 g/mol. The Bertz CT molecular complexity index is 446. The average Bonchev–Trinajstić information content (AvgIpc) is 2.41. The van der Waals surface area contributed by atoms with Gasteiger partial charge in [-0.3, -0.25) is 14.2 Å². The third kappa shape index (κ3) is 12.8. The number of unbranched alkanes of at least 4 members (excludes halogenated alkanes) is 2. The lowest BCUT2D eigenvalue weighted by Crippen LogP contribution is -2.37. The number of quaternary nitrogens is 1. The summed E-state index contributed by atoms with van der Waals surface area (Å²) in [5.74, 6) is -1.05. The summed E-state index contributed by atoms with van der Waals surface area (Å²) in [6.07, 6.45) is 3.18. The molecule has 0 spiro atoms. The van der Waals surface area contributed by atoms with E-state index >= 15 is 0 Å². The third-order valence-electron chi connectivity index (χ3n) is 3.55. The van der Waals surface area contributed by atoms with Crippen LogP contribution in [0.25, 0.3) is 0 Å². The summed E-state index contributed by atoms with van der Waals surface area (Å²) in [6.45, 7) is 3.54. The van der Waals surface area contributed by atoms with Crippen LogP contribution in [0.3, 0.4) is 0 Å². The molecular formula is C16H32NO6P. The molecule has 2 unspecified atom stereocenters. The van der Waals surface area contributed by atoms with E-state index in [1.165, 1.54) is 6.92 Å². The zero-order valence-corrected chi connectivity index (χ0v) is 16.5. The molecule has 0 heterocycles. The van der Waals surface area contributed by atoms with E-state index in [-0.39, 0.29) is 31.2 Å². The van der Waals surface area contributed by atoms with Crippen molar-refractivity contribution in [3.05, 3.63) is 0 Å². The van der Waals surface area contributed by atoms with Crippen molar-refractivity contribution >= 4 is 19.4 Å². The number of phosphoric ester groups is 1. The maximum Gasteiger partial charge on any atom is 0.268 e. The van der Waals surface area contributed by atoms with Gasteiger partial charge in [0.05, 0.1) is 27.7 Å². The maximum absolute atomic E-state index is 11.9. The molecule has 0 radical (unpaired) electrons. The van der Waals surface area contributed by atoms with Gasteiger partial charge in [0, 0.05) is 18.8 Å². The van der Waals surface area contributed by atoms with Crippen LogP contribution in [0.5, 0.6) is 0 Å². The Hall–Kier alpha value is -0.590. The first kappa shape index (κ1) is 23.4. The normalized spacial score (nSPS) is 15.8.